The normalized spacial score (nSPS) is 12.8. The highest BCUT2D eigenvalue weighted by Crippen LogP contribution is 2.11. The number of carbonyl (C=O) groups is 1. The van der Waals surface area contributed by atoms with Crippen LogP contribution in [-0.2, 0) is 4.79 Å². The highest BCUT2D eigenvalue weighted by Gasteiger charge is 2.21. The van der Waals surface area contributed by atoms with Crippen molar-refractivity contribution < 1.29 is 4.79 Å². The molecule has 3 nitrogen and oxygen atoms in total. The highest BCUT2D eigenvalue weighted by atomic mass is 32.2. The summed E-state index contributed by atoms with van der Waals surface area (Å²) >= 11 is 1.74. The predicted molar refractivity (Wildman–Crippen MR) is 77.3 cm³/mol. The Labute approximate surface area is 111 Å². The minimum absolute atomic E-state index is 0.119. The average molecular weight is 260 g/mol. The number of hydrogen-bond donors (Lipinski definition) is 1. The number of hydrogen-bond acceptors (Lipinski definition) is 3. The summed E-state index contributed by atoms with van der Waals surface area (Å²) < 4.78 is 0. The van der Waals surface area contributed by atoms with Gasteiger partial charge in [0.1, 0.15) is 0 Å². The van der Waals surface area contributed by atoms with Crippen LogP contribution in [0.4, 0.5) is 0 Å². The Hall–Kier alpha value is -0.220. The van der Waals surface area contributed by atoms with Crippen molar-refractivity contribution >= 4 is 17.7 Å². The van der Waals surface area contributed by atoms with E-state index in [4.69, 9.17) is 5.73 Å². The van der Waals surface area contributed by atoms with Gasteiger partial charge in [-0.25, -0.2) is 0 Å². The molecule has 17 heavy (non-hydrogen) atoms. The van der Waals surface area contributed by atoms with Crippen LogP contribution in [0, 0.1) is 5.92 Å². The van der Waals surface area contributed by atoms with Gasteiger partial charge >= 0.3 is 0 Å². The number of nitrogens with zero attached hydrogens (tertiary/aromatic N) is 1. The minimum atomic E-state index is -0.322. The SMILES string of the molecule is CCC(CC)CN(CC)C(=O)[C@H](N)CCSC. The summed E-state index contributed by atoms with van der Waals surface area (Å²) in [5, 5.41) is 0. The van der Waals surface area contributed by atoms with Gasteiger partial charge in [-0.15, -0.1) is 0 Å². The van der Waals surface area contributed by atoms with E-state index in [2.05, 4.69) is 13.8 Å². The smallest absolute Gasteiger partial charge is 0.239 e. The summed E-state index contributed by atoms with van der Waals surface area (Å²) in [5.74, 6) is 1.68. The first-order valence-electron chi connectivity index (χ1n) is 6.63. The molecule has 4 heteroatoms. The van der Waals surface area contributed by atoms with Gasteiger partial charge in [0.05, 0.1) is 6.04 Å². The second-order valence-corrected chi connectivity index (χ2v) is 5.43. The molecule has 0 aromatic heterocycles. The molecule has 0 rings (SSSR count). The highest BCUT2D eigenvalue weighted by molar-refractivity contribution is 7.98. The quantitative estimate of drug-likeness (QED) is 0.692. The van der Waals surface area contributed by atoms with E-state index >= 15 is 0 Å². The van der Waals surface area contributed by atoms with E-state index < -0.39 is 0 Å². The molecule has 0 aliphatic rings. The van der Waals surface area contributed by atoms with Crippen molar-refractivity contribution in [3.05, 3.63) is 0 Å². The lowest BCUT2D eigenvalue weighted by molar-refractivity contribution is -0.133. The lowest BCUT2D eigenvalue weighted by Gasteiger charge is -2.27. The fourth-order valence-electron chi connectivity index (χ4n) is 1.84. The molecule has 0 radical (unpaired) electrons. The summed E-state index contributed by atoms with van der Waals surface area (Å²) in [5.41, 5.74) is 5.93. The van der Waals surface area contributed by atoms with Crippen molar-refractivity contribution in [1.29, 1.82) is 0 Å². The van der Waals surface area contributed by atoms with Crippen molar-refractivity contribution in [2.45, 2.75) is 46.1 Å². The molecule has 0 bridgehead atoms. The van der Waals surface area contributed by atoms with Crippen molar-refractivity contribution in [2.24, 2.45) is 11.7 Å². The van der Waals surface area contributed by atoms with Crippen molar-refractivity contribution in [2.75, 3.05) is 25.1 Å². The number of thioether (sulfide) groups is 1. The van der Waals surface area contributed by atoms with Gasteiger partial charge in [-0.2, -0.15) is 11.8 Å². The fourth-order valence-corrected chi connectivity index (χ4v) is 2.33. The zero-order valence-corrected chi connectivity index (χ0v) is 12.6. The monoisotopic (exact) mass is 260 g/mol. The Balaban J connectivity index is 4.28. The number of amides is 1. The number of nitrogens with two attached hydrogens (primary N) is 1. The zero-order valence-electron chi connectivity index (χ0n) is 11.7. The number of likely N-dealkylation sites (N-methyl/N-ethyl adjacent to an activating group) is 1. The first-order chi connectivity index (χ1) is 8.10. The van der Waals surface area contributed by atoms with Gasteiger partial charge in [-0.1, -0.05) is 26.7 Å². The molecule has 0 spiro atoms. The van der Waals surface area contributed by atoms with Gasteiger partial charge in [-0.3, -0.25) is 4.79 Å². The van der Waals surface area contributed by atoms with Crippen LogP contribution in [0.5, 0.6) is 0 Å². The Morgan fingerprint density at radius 2 is 1.88 bits per heavy atom. The first-order valence-corrected chi connectivity index (χ1v) is 8.03. The summed E-state index contributed by atoms with van der Waals surface area (Å²) in [4.78, 5) is 14.1. The van der Waals surface area contributed by atoms with E-state index in [0.29, 0.717) is 5.92 Å². The van der Waals surface area contributed by atoms with E-state index in [0.717, 1.165) is 38.1 Å². The molecular weight excluding hydrogens is 232 g/mol. The van der Waals surface area contributed by atoms with E-state index in [9.17, 15) is 4.79 Å². The zero-order chi connectivity index (χ0) is 13.3. The van der Waals surface area contributed by atoms with Gasteiger partial charge in [0.2, 0.25) is 5.91 Å². The average Bonchev–Trinajstić information content (AvgIpc) is 2.36. The Kier molecular flexibility index (Phi) is 9.65. The van der Waals surface area contributed by atoms with E-state index in [1.54, 1.807) is 11.8 Å². The topological polar surface area (TPSA) is 46.3 Å². The molecule has 0 saturated heterocycles. The molecule has 0 saturated carbocycles. The Morgan fingerprint density at radius 1 is 1.29 bits per heavy atom. The van der Waals surface area contributed by atoms with Gasteiger partial charge in [0.15, 0.2) is 0 Å². The van der Waals surface area contributed by atoms with Crippen LogP contribution in [0.25, 0.3) is 0 Å². The molecule has 0 heterocycles. The van der Waals surface area contributed by atoms with Crippen LogP contribution < -0.4 is 5.73 Å². The van der Waals surface area contributed by atoms with E-state index in [1.807, 2.05) is 18.1 Å². The first kappa shape index (κ1) is 16.8. The third kappa shape index (κ3) is 6.32. The lowest BCUT2D eigenvalue weighted by atomic mass is 10.0. The van der Waals surface area contributed by atoms with Crippen LogP contribution in [0.1, 0.15) is 40.0 Å². The van der Waals surface area contributed by atoms with Crippen LogP contribution in [0.3, 0.4) is 0 Å². The maximum Gasteiger partial charge on any atom is 0.239 e. The standard InChI is InChI=1S/C13H28N2OS/c1-5-11(6-2)10-15(7-3)13(16)12(14)8-9-17-4/h11-12H,5-10,14H2,1-4H3/t12-/m1/s1. The van der Waals surface area contributed by atoms with Crippen LogP contribution in [0.15, 0.2) is 0 Å². The summed E-state index contributed by atoms with van der Waals surface area (Å²) in [7, 11) is 0. The summed E-state index contributed by atoms with van der Waals surface area (Å²) in [6.45, 7) is 8.01. The Morgan fingerprint density at radius 3 is 2.29 bits per heavy atom. The van der Waals surface area contributed by atoms with E-state index in [-0.39, 0.29) is 11.9 Å². The van der Waals surface area contributed by atoms with E-state index in [1.165, 1.54) is 0 Å². The van der Waals surface area contributed by atoms with Crippen LogP contribution >= 0.6 is 11.8 Å². The van der Waals surface area contributed by atoms with Gasteiger partial charge in [0, 0.05) is 13.1 Å². The molecule has 0 aromatic rings. The van der Waals surface area contributed by atoms with Crippen molar-refractivity contribution in [1.82, 2.24) is 4.90 Å². The Bertz CT molecular complexity index is 208. The molecule has 2 N–H and O–H groups in total. The molecule has 0 aliphatic heterocycles. The third-order valence-corrected chi connectivity index (χ3v) is 3.92. The molecular formula is C13H28N2OS. The van der Waals surface area contributed by atoms with Gasteiger partial charge in [0.25, 0.3) is 0 Å². The lowest BCUT2D eigenvalue weighted by Crippen LogP contribution is -2.45. The molecule has 1 atom stereocenters. The fraction of sp³-hybridized carbons (Fsp3) is 0.923. The third-order valence-electron chi connectivity index (χ3n) is 3.28. The second kappa shape index (κ2) is 9.77. The molecule has 102 valence electrons. The van der Waals surface area contributed by atoms with Crippen molar-refractivity contribution in [3.63, 3.8) is 0 Å². The number of carbonyl (C=O) groups excluding carboxylic acids is 1. The molecule has 0 aliphatic carbocycles. The van der Waals surface area contributed by atoms with Gasteiger partial charge in [-0.05, 0) is 31.3 Å². The number of rotatable bonds is 9. The van der Waals surface area contributed by atoms with Crippen LogP contribution in [0.2, 0.25) is 0 Å². The molecule has 0 fully saturated rings. The molecule has 0 unspecified atom stereocenters. The largest absolute Gasteiger partial charge is 0.341 e. The molecule has 1 amide bonds. The predicted octanol–water partition coefficient (Wildman–Crippen LogP) is 2.35. The maximum atomic E-state index is 12.1. The molecule has 0 aromatic carbocycles. The summed E-state index contributed by atoms with van der Waals surface area (Å²) in [6, 6.07) is -0.322. The van der Waals surface area contributed by atoms with Crippen molar-refractivity contribution in [3.8, 4) is 0 Å². The maximum absolute atomic E-state index is 12.1. The van der Waals surface area contributed by atoms with Gasteiger partial charge < -0.3 is 10.6 Å². The summed E-state index contributed by atoms with van der Waals surface area (Å²) in [6.07, 6.45) is 5.07. The second-order valence-electron chi connectivity index (χ2n) is 4.45. The minimum Gasteiger partial charge on any atom is -0.341 e. The van der Waals surface area contributed by atoms with Crippen LogP contribution in [-0.4, -0.2) is 41.9 Å².